The lowest BCUT2D eigenvalue weighted by molar-refractivity contribution is -0.258. The lowest BCUT2D eigenvalue weighted by Gasteiger charge is -2.03. The SMILES string of the molecule is CCCCCCCCCCCCCC(=O)OOC(=O)CC. The third-order valence-electron chi connectivity index (χ3n) is 3.50. The highest BCUT2D eigenvalue weighted by Gasteiger charge is 2.07. The molecule has 0 saturated heterocycles. The molecule has 0 bridgehead atoms. The van der Waals surface area contributed by atoms with E-state index >= 15 is 0 Å². The van der Waals surface area contributed by atoms with Crippen LogP contribution < -0.4 is 0 Å². The van der Waals surface area contributed by atoms with Gasteiger partial charge in [-0.25, -0.2) is 19.4 Å². The number of carbonyl (C=O) groups excluding carboxylic acids is 2. The van der Waals surface area contributed by atoms with Gasteiger partial charge in [-0.15, -0.1) is 0 Å². The third kappa shape index (κ3) is 15.2. The van der Waals surface area contributed by atoms with Crippen LogP contribution in [0.3, 0.4) is 0 Å². The van der Waals surface area contributed by atoms with Gasteiger partial charge in [-0.1, -0.05) is 78.1 Å². The summed E-state index contributed by atoms with van der Waals surface area (Å²) in [6, 6.07) is 0. The minimum atomic E-state index is -0.512. The van der Waals surface area contributed by atoms with Crippen LogP contribution in [0.4, 0.5) is 0 Å². The van der Waals surface area contributed by atoms with E-state index in [1.807, 2.05) is 0 Å². The van der Waals surface area contributed by atoms with E-state index in [1.54, 1.807) is 6.92 Å². The Hall–Kier alpha value is -1.06. The average molecular weight is 300 g/mol. The molecule has 0 radical (unpaired) electrons. The van der Waals surface area contributed by atoms with Crippen molar-refractivity contribution in [1.82, 2.24) is 0 Å². The van der Waals surface area contributed by atoms with E-state index in [1.165, 1.54) is 51.4 Å². The summed E-state index contributed by atoms with van der Waals surface area (Å²) >= 11 is 0. The fraction of sp³-hybridized carbons (Fsp3) is 0.882. The molecule has 0 heterocycles. The highest BCUT2D eigenvalue weighted by Crippen LogP contribution is 2.12. The standard InChI is InChI=1S/C17H32O4/c1-3-5-6-7-8-9-10-11-12-13-14-15-17(19)21-20-16(18)4-2/h3-15H2,1-2H3. The molecule has 0 aliphatic rings. The Kier molecular flexibility index (Phi) is 14.6. The second-order valence-electron chi connectivity index (χ2n) is 5.55. The van der Waals surface area contributed by atoms with Gasteiger partial charge in [0.1, 0.15) is 0 Å². The monoisotopic (exact) mass is 300 g/mol. The molecule has 4 nitrogen and oxygen atoms in total. The first kappa shape index (κ1) is 19.9. The van der Waals surface area contributed by atoms with Gasteiger partial charge in [0.15, 0.2) is 0 Å². The van der Waals surface area contributed by atoms with E-state index in [4.69, 9.17) is 0 Å². The van der Waals surface area contributed by atoms with E-state index in [0.29, 0.717) is 6.42 Å². The second kappa shape index (κ2) is 15.3. The lowest BCUT2D eigenvalue weighted by atomic mass is 10.1. The molecule has 0 atom stereocenters. The number of hydrogen-bond acceptors (Lipinski definition) is 4. The Labute approximate surface area is 129 Å². The predicted octanol–water partition coefficient (Wildman–Crippen LogP) is 5.10. The largest absolute Gasteiger partial charge is 0.355 e. The van der Waals surface area contributed by atoms with Crippen LogP contribution in [0.25, 0.3) is 0 Å². The van der Waals surface area contributed by atoms with Crippen LogP contribution in [0.5, 0.6) is 0 Å². The third-order valence-corrected chi connectivity index (χ3v) is 3.50. The maximum atomic E-state index is 11.2. The Balaban J connectivity index is 3.18. The van der Waals surface area contributed by atoms with E-state index < -0.39 is 11.9 Å². The average Bonchev–Trinajstić information content (AvgIpc) is 2.50. The van der Waals surface area contributed by atoms with Crippen LogP contribution in [0.15, 0.2) is 0 Å². The van der Waals surface area contributed by atoms with E-state index in [0.717, 1.165) is 19.3 Å². The number of hydrogen-bond donors (Lipinski definition) is 0. The van der Waals surface area contributed by atoms with Gasteiger partial charge in [0.25, 0.3) is 0 Å². The van der Waals surface area contributed by atoms with Crippen LogP contribution in [0, 0.1) is 0 Å². The molecule has 21 heavy (non-hydrogen) atoms. The number of carbonyl (C=O) groups is 2. The zero-order valence-corrected chi connectivity index (χ0v) is 13.8. The molecule has 0 aliphatic heterocycles. The summed E-state index contributed by atoms with van der Waals surface area (Å²) < 4.78 is 0. The van der Waals surface area contributed by atoms with Gasteiger partial charge in [0.2, 0.25) is 0 Å². The fourth-order valence-corrected chi connectivity index (χ4v) is 2.13. The summed E-state index contributed by atoms with van der Waals surface area (Å²) in [7, 11) is 0. The maximum Gasteiger partial charge on any atom is 0.355 e. The molecule has 0 aliphatic carbocycles. The van der Waals surface area contributed by atoms with Crippen molar-refractivity contribution in [1.29, 1.82) is 0 Å². The van der Waals surface area contributed by atoms with Crippen molar-refractivity contribution in [2.24, 2.45) is 0 Å². The molecular weight excluding hydrogens is 268 g/mol. The van der Waals surface area contributed by atoms with Gasteiger partial charge >= 0.3 is 11.9 Å². The minimum absolute atomic E-state index is 0.214. The number of unbranched alkanes of at least 4 members (excludes halogenated alkanes) is 10. The molecule has 0 aromatic heterocycles. The van der Waals surface area contributed by atoms with Crippen molar-refractivity contribution in [2.75, 3.05) is 0 Å². The van der Waals surface area contributed by atoms with Crippen molar-refractivity contribution < 1.29 is 19.4 Å². The van der Waals surface area contributed by atoms with Gasteiger partial charge in [0.05, 0.1) is 6.42 Å². The van der Waals surface area contributed by atoms with Crippen molar-refractivity contribution >= 4 is 11.9 Å². The zero-order valence-electron chi connectivity index (χ0n) is 13.8. The first-order valence-electron chi connectivity index (χ1n) is 8.60. The predicted molar refractivity (Wildman–Crippen MR) is 83.6 cm³/mol. The summed E-state index contributed by atoms with van der Waals surface area (Å²) in [4.78, 5) is 30.7. The molecule has 0 saturated carbocycles. The Morgan fingerprint density at radius 1 is 0.619 bits per heavy atom. The molecule has 0 aromatic rings. The summed E-state index contributed by atoms with van der Waals surface area (Å²) in [5, 5.41) is 0. The minimum Gasteiger partial charge on any atom is -0.247 e. The normalized spacial score (nSPS) is 10.4. The van der Waals surface area contributed by atoms with E-state index in [9.17, 15) is 9.59 Å². The van der Waals surface area contributed by atoms with Crippen molar-refractivity contribution in [2.45, 2.75) is 97.3 Å². The van der Waals surface area contributed by atoms with Crippen molar-refractivity contribution in [3.8, 4) is 0 Å². The van der Waals surface area contributed by atoms with Gasteiger partial charge in [0, 0.05) is 6.42 Å². The second-order valence-corrected chi connectivity index (χ2v) is 5.55. The molecule has 0 spiro atoms. The highest BCUT2D eigenvalue weighted by atomic mass is 17.2. The Morgan fingerprint density at radius 3 is 1.52 bits per heavy atom. The van der Waals surface area contributed by atoms with E-state index in [2.05, 4.69) is 16.7 Å². The van der Waals surface area contributed by atoms with Crippen LogP contribution in [-0.4, -0.2) is 11.9 Å². The molecular formula is C17H32O4. The van der Waals surface area contributed by atoms with Gasteiger partial charge < -0.3 is 0 Å². The molecule has 4 heteroatoms. The van der Waals surface area contributed by atoms with Gasteiger partial charge in [-0.2, -0.15) is 0 Å². The first-order valence-corrected chi connectivity index (χ1v) is 8.60. The van der Waals surface area contributed by atoms with Crippen LogP contribution >= 0.6 is 0 Å². The lowest BCUT2D eigenvalue weighted by Crippen LogP contribution is -2.10. The van der Waals surface area contributed by atoms with Crippen molar-refractivity contribution in [3.63, 3.8) is 0 Å². The molecule has 0 rings (SSSR count). The summed E-state index contributed by atoms with van der Waals surface area (Å²) in [6.45, 7) is 3.89. The molecule has 0 fully saturated rings. The quantitative estimate of drug-likeness (QED) is 0.270. The van der Waals surface area contributed by atoms with Crippen LogP contribution in [0.1, 0.15) is 97.3 Å². The summed E-state index contributed by atoms with van der Waals surface area (Å²) in [6.07, 6.45) is 14.2. The topological polar surface area (TPSA) is 52.6 Å². The Morgan fingerprint density at radius 2 is 1.05 bits per heavy atom. The summed E-state index contributed by atoms with van der Waals surface area (Å²) in [5.41, 5.74) is 0. The van der Waals surface area contributed by atoms with Crippen LogP contribution in [-0.2, 0) is 19.4 Å². The molecule has 0 aromatic carbocycles. The van der Waals surface area contributed by atoms with Crippen molar-refractivity contribution in [3.05, 3.63) is 0 Å². The van der Waals surface area contributed by atoms with Crippen LogP contribution in [0.2, 0.25) is 0 Å². The zero-order chi connectivity index (χ0) is 15.8. The number of rotatable bonds is 13. The molecule has 124 valence electrons. The molecule has 0 unspecified atom stereocenters. The highest BCUT2D eigenvalue weighted by molar-refractivity contribution is 5.72. The smallest absolute Gasteiger partial charge is 0.247 e. The molecule has 0 N–H and O–H groups in total. The Bertz CT molecular complexity index is 264. The first-order chi connectivity index (χ1) is 10.2. The van der Waals surface area contributed by atoms with Gasteiger partial charge in [-0.3, -0.25) is 0 Å². The van der Waals surface area contributed by atoms with E-state index in [-0.39, 0.29) is 6.42 Å². The molecule has 0 amide bonds. The van der Waals surface area contributed by atoms with Gasteiger partial charge in [-0.05, 0) is 6.42 Å². The summed E-state index contributed by atoms with van der Waals surface area (Å²) in [5.74, 6) is -0.963. The maximum absolute atomic E-state index is 11.2. The fourth-order valence-electron chi connectivity index (χ4n) is 2.13.